The van der Waals surface area contributed by atoms with Crippen LogP contribution in [-0.2, 0) is 6.42 Å². The van der Waals surface area contributed by atoms with Gasteiger partial charge in [0.25, 0.3) is 0 Å². The van der Waals surface area contributed by atoms with Gasteiger partial charge in [-0.3, -0.25) is 9.97 Å². The van der Waals surface area contributed by atoms with E-state index in [4.69, 9.17) is 11.6 Å². The molecule has 4 heteroatoms. The number of aromatic nitrogens is 2. The Balaban J connectivity index is 2.21. The molecule has 1 atom stereocenters. The average Bonchev–Trinajstić information content (AvgIpc) is 2.38. The van der Waals surface area contributed by atoms with Gasteiger partial charge < -0.3 is 5.32 Å². The number of pyridine rings is 2. The van der Waals surface area contributed by atoms with Crippen LogP contribution in [0.1, 0.15) is 17.4 Å². The molecule has 2 aromatic rings. The number of halogens is 1. The topological polar surface area (TPSA) is 37.8 Å². The summed E-state index contributed by atoms with van der Waals surface area (Å²) in [5.74, 6) is 0. The summed E-state index contributed by atoms with van der Waals surface area (Å²) in [6.45, 7) is 0. The lowest BCUT2D eigenvalue weighted by molar-refractivity contribution is 0.569. The van der Waals surface area contributed by atoms with Crippen LogP contribution in [0, 0.1) is 0 Å². The fraction of sp³-hybridized carbons (Fsp3) is 0.231. The van der Waals surface area contributed by atoms with E-state index < -0.39 is 0 Å². The minimum atomic E-state index is 0.0820. The van der Waals surface area contributed by atoms with E-state index in [0.717, 1.165) is 17.8 Å². The molecule has 0 aliphatic rings. The normalized spacial score (nSPS) is 12.4. The fourth-order valence-electron chi connectivity index (χ4n) is 1.72. The maximum absolute atomic E-state index is 6.14. The highest BCUT2D eigenvalue weighted by Gasteiger charge is 2.14. The number of rotatable bonds is 4. The van der Waals surface area contributed by atoms with Crippen LogP contribution < -0.4 is 5.32 Å². The van der Waals surface area contributed by atoms with Gasteiger partial charge in [0.15, 0.2) is 0 Å². The molecular weight excluding hydrogens is 234 g/mol. The molecule has 0 aliphatic carbocycles. The second-order valence-corrected chi connectivity index (χ2v) is 4.14. The molecule has 0 amide bonds. The van der Waals surface area contributed by atoms with Crippen LogP contribution >= 0.6 is 11.6 Å². The maximum Gasteiger partial charge on any atom is 0.0762 e. The molecule has 2 heterocycles. The van der Waals surface area contributed by atoms with Crippen LogP contribution in [0.25, 0.3) is 0 Å². The smallest absolute Gasteiger partial charge is 0.0762 e. The molecule has 1 unspecified atom stereocenters. The molecule has 1 N–H and O–H groups in total. The second kappa shape index (κ2) is 5.75. The molecule has 0 saturated heterocycles. The zero-order valence-corrected chi connectivity index (χ0v) is 10.4. The van der Waals surface area contributed by atoms with Gasteiger partial charge in [-0.05, 0) is 31.3 Å². The van der Waals surface area contributed by atoms with Crippen molar-refractivity contribution in [2.24, 2.45) is 0 Å². The van der Waals surface area contributed by atoms with Crippen LogP contribution in [0.3, 0.4) is 0 Å². The molecule has 17 heavy (non-hydrogen) atoms. The van der Waals surface area contributed by atoms with Crippen molar-refractivity contribution >= 4 is 11.6 Å². The minimum absolute atomic E-state index is 0.0820. The van der Waals surface area contributed by atoms with E-state index in [-0.39, 0.29) is 6.04 Å². The van der Waals surface area contributed by atoms with Gasteiger partial charge in [0.05, 0.1) is 16.8 Å². The van der Waals surface area contributed by atoms with Gasteiger partial charge in [-0.25, -0.2) is 0 Å². The van der Waals surface area contributed by atoms with E-state index in [2.05, 4.69) is 15.3 Å². The lowest BCUT2D eigenvalue weighted by Crippen LogP contribution is -2.20. The van der Waals surface area contributed by atoms with Gasteiger partial charge in [0.2, 0.25) is 0 Å². The molecule has 3 nitrogen and oxygen atoms in total. The summed E-state index contributed by atoms with van der Waals surface area (Å²) in [6, 6.07) is 9.66. The van der Waals surface area contributed by atoms with Crippen molar-refractivity contribution in [1.82, 2.24) is 15.3 Å². The zero-order valence-electron chi connectivity index (χ0n) is 9.60. The molecule has 0 aromatic carbocycles. The van der Waals surface area contributed by atoms with Gasteiger partial charge in [0, 0.05) is 24.5 Å². The standard InChI is InChI=1S/C13H14ClN3/c1-15-12(9-10-5-2-3-7-16-10)13-11(14)6-4-8-17-13/h2-8,12,15H,9H2,1H3. The highest BCUT2D eigenvalue weighted by atomic mass is 35.5. The number of likely N-dealkylation sites (N-methyl/N-ethyl adjacent to an activating group) is 1. The summed E-state index contributed by atoms with van der Waals surface area (Å²) in [4.78, 5) is 8.63. The third-order valence-electron chi connectivity index (χ3n) is 2.60. The predicted molar refractivity (Wildman–Crippen MR) is 69.0 cm³/mol. The lowest BCUT2D eigenvalue weighted by atomic mass is 10.1. The Bertz CT molecular complexity index is 473. The first kappa shape index (κ1) is 12.0. The monoisotopic (exact) mass is 247 g/mol. The van der Waals surface area contributed by atoms with Crippen LogP contribution in [0.4, 0.5) is 0 Å². The van der Waals surface area contributed by atoms with Crippen molar-refractivity contribution < 1.29 is 0 Å². The van der Waals surface area contributed by atoms with Crippen LogP contribution in [-0.4, -0.2) is 17.0 Å². The molecule has 2 aromatic heterocycles. The zero-order chi connectivity index (χ0) is 12.1. The molecule has 2 rings (SSSR count). The van der Waals surface area contributed by atoms with Gasteiger partial charge in [-0.2, -0.15) is 0 Å². The van der Waals surface area contributed by atoms with E-state index in [1.54, 1.807) is 12.4 Å². The second-order valence-electron chi connectivity index (χ2n) is 3.74. The van der Waals surface area contributed by atoms with Crippen LogP contribution in [0.2, 0.25) is 5.02 Å². The lowest BCUT2D eigenvalue weighted by Gasteiger charge is -2.16. The average molecular weight is 248 g/mol. The van der Waals surface area contributed by atoms with Gasteiger partial charge in [0.1, 0.15) is 0 Å². The molecule has 0 radical (unpaired) electrons. The van der Waals surface area contributed by atoms with E-state index in [9.17, 15) is 0 Å². The van der Waals surface area contributed by atoms with Crippen molar-refractivity contribution in [2.75, 3.05) is 7.05 Å². The summed E-state index contributed by atoms with van der Waals surface area (Å²) < 4.78 is 0. The number of hydrogen-bond acceptors (Lipinski definition) is 3. The third kappa shape index (κ3) is 3.02. The van der Waals surface area contributed by atoms with Crippen molar-refractivity contribution in [3.8, 4) is 0 Å². The molecule has 0 fully saturated rings. The Labute approximate surface area is 106 Å². The quantitative estimate of drug-likeness (QED) is 0.903. The Hall–Kier alpha value is -1.45. The van der Waals surface area contributed by atoms with E-state index in [0.29, 0.717) is 5.02 Å². The first-order chi connectivity index (χ1) is 8.31. The largest absolute Gasteiger partial charge is 0.311 e. The Morgan fingerprint density at radius 1 is 1.18 bits per heavy atom. The summed E-state index contributed by atoms with van der Waals surface area (Å²) >= 11 is 6.14. The first-order valence-corrected chi connectivity index (χ1v) is 5.86. The summed E-state index contributed by atoms with van der Waals surface area (Å²) in [7, 11) is 1.90. The minimum Gasteiger partial charge on any atom is -0.311 e. The molecule has 88 valence electrons. The van der Waals surface area contributed by atoms with Crippen molar-refractivity contribution in [1.29, 1.82) is 0 Å². The maximum atomic E-state index is 6.14. The molecule has 0 bridgehead atoms. The van der Waals surface area contributed by atoms with Gasteiger partial charge in [-0.1, -0.05) is 17.7 Å². The summed E-state index contributed by atoms with van der Waals surface area (Å²) in [5, 5.41) is 3.90. The van der Waals surface area contributed by atoms with E-state index in [1.807, 2.05) is 37.4 Å². The molecule has 0 spiro atoms. The Morgan fingerprint density at radius 3 is 2.65 bits per heavy atom. The summed E-state index contributed by atoms with van der Waals surface area (Å²) in [5.41, 5.74) is 1.89. The SMILES string of the molecule is CNC(Cc1ccccn1)c1ncccc1Cl. The van der Waals surface area contributed by atoms with E-state index in [1.165, 1.54) is 0 Å². The summed E-state index contributed by atoms with van der Waals surface area (Å²) in [6.07, 6.45) is 4.32. The van der Waals surface area contributed by atoms with Gasteiger partial charge >= 0.3 is 0 Å². The van der Waals surface area contributed by atoms with Crippen LogP contribution in [0.15, 0.2) is 42.7 Å². The fourth-order valence-corrected chi connectivity index (χ4v) is 1.97. The number of nitrogens with zero attached hydrogens (tertiary/aromatic N) is 2. The molecule has 0 aliphatic heterocycles. The number of hydrogen-bond donors (Lipinski definition) is 1. The molecule has 0 saturated carbocycles. The van der Waals surface area contributed by atoms with Gasteiger partial charge in [-0.15, -0.1) is 0 Å². The number of nitrogens with one attached hydrogen (secondary N) is 1. The highest BCUT2D eigenvalue weighted by molar-refractivity contribution is 6.31. The highest BCUT2D eigenvalue weighted by Crippen LogP contribution is 2.22. The van der Waals surface area contributed by atoms with Crippen molar-refractivity contribution in [3.63, 3.8) is 0 Å². The van der Waals surface area contributed by atoms with Crippen LogP contribution in [0.5, 0.6) is 0 Å². The third-order valence-corrected chi connectivity index (χ3v) is 2.92. The first-order valence-electron chi connectivity index (χ1n) is 5.49. The van der Waals surface area contributed by atoms with E-state index >= 15 is 0 Å². The molecular formula is C13H14ClN3. The Kier molecular flexibility index (Phi) is 4.07. The van der Waals surface area contributed by atoms with Crippen molar-refractivity contribution in [2.45, 2.75) is 12.5 Å². The Morgan fingerprint density at radius 2 is 2.00 bits per heavy atom. The predicted octanol–water partition coefficient (Wildman–Crippen LogP) is 2.63. The van der Waals surface area contributed by atoms with Crippen molar-refractivity contribution in [3.05, 3.63) is 59.1 Å².